The second kappa shape index (κ2) is 15.8. The van der Waals surface area contributed by atoms with E-state index in [1.54, 1.807) is 30.4 Å². The molecule has 0 heterocycles. The van der Waals surface area contributed by atoms with Crippen LogP contribution in [-0.2, 0) is 38.2 Å². The monoisotopic (exact) mass is 586 g/mol. The van der Waals surface area contributed by atoms with Crippen LogP contribution in [0.15, 0.2) is 36.4 Å². The molecule has 0 aliphatic rings. The van der Waals surface area contributed by atoms with E-state index in [9.17, 15) is 24.0 Å². The molecule has 12 nitrogen and oxygen atoms in total. The molecule has 2 unspecified atom stereocenters. The quantitative estimate of drug-likeness (QED) is 0.189. The Labute approximate surface area is 243 Å². The fourth-order valence-electron chi connectivity index (χ4n) is 3.98. The molecular formula is C30H34O12. The molecule has 226 valence electrons. The van der Waals surface area contributed by atoms with Gasteiger partial charge in [0.25, 0.3) is 0 Å². The average molecular weight is 587 g/mol. The summed E-state index contributed by atoms with van der Waals surface area (Å²) in [5.74, 6) is -3.42. The smallest absolute Gasteiger partial charge is 0.308 e. The fraction of sp³-hybridized carbons (Fsp3) is 0.367. The largest absolute Gasteiger partial charge is 0.493 e. The molecule has 0 spiro atoms. The lowest BCUT2D eigenvalue weighted by Crippen LogP contribution is -2.24. The zero-order valence-electron chi connectivity index (χ0n) is 24.5. The van der Waals surface area contributed by atoms with Gasteiger partial charge in [-0.05, 0) is 41.5 Å². The summed E-state index contributed by atoms with van der Waals surface area (Å²) < 4.78 is 37.7. The van der Waals surface area contributed by atoms with Crippen molar-refractivity contribution in [2.24, 2.45) is 0 Å². The molecule has 0 fully saturated rings. The number of esters is 5. The number of hydrogen-bond donors (Lipinski definition) is 0. The first-order chi connectivity index (χ1) is 19.9. The van der Waals surface area contributed by atoms with Crippen molar-refractivity contribution in [3.8, 4) is 23.0 Å². The number of ether oxygens (including phenoxy) is 7. The maximum atomic E-state index is 12.4. The maximum absolute atomic E-state index is 12.4. The van der Waals surface area contributed by atoms with Gasteiger partial charge in [0.05, 0.1) is 20.1 Å². The van der Waals surface area contributed by atoms with Gasteiger partial charge in [-0.2, -0.15) is 0 Å². The minimum atomic E-state index is -1.12. The van der Waals surface area contributed by atoms with Gasteiger partial charge in [-0.3, -0.25) is 24.0 Å². The minimum Gasteiger partial charge on any atom is -0.493 e. The van der Waals surface area contributed by atoms with E-state index >= 15 is 0 Å². The Kier molecular flexibility index (Phi) is 12.5. The zero-order chi connectivity index (χ0) is 31.4. The highest BCUT2D eigenvalue weighted by Crippen LogP contribution is 2.45. The molecule has 0 N–H and O–H groups in total. The lowest BCUT2D eigenvalue weighted by Gasteiger charge is -2.29. The van der Waals surface area contributed by atoms with Crippen molar-refractivity contribution in [1.29, 1.82) is 0 Å². The van der Waals surface area contributed by atoms with Gasteiger partial charge >= 0.3 is 29.8 Å². The van der Waals surface area contributed by atoms with E-state index < -0.39 is 41.9 Å². The molecule has 2 atom stereocenters. The number of benzene rings is 2. The van der Waals surface area contributed by atoms with Crippen molar-refractivity contribution >= 4 is 35.9 Å². The first-order valence-electron chi connectivity index (χ1n) is 12.7. The first-order valence-corrected chi connectivity index (χ1v) is 12.7. The molecule has 0 saturated heterocycles. The number of rotatable bonds is 13. The highest BCUT2D eigenvalue weighted by molar-refractivity contribution is 5.73. The van der Waals surface area contributed by atoms with Crippen molar-refractivity contribution in [2.75, 3.05) is 27.4 Å². The zero-order valence-corrected chi connectivity index (χ0v) is 24.5. The normalized spacial score (nSPS) is 12.1. The van der Waals surface area contributed by atoms with Gasteiger partial charge in [-0.1, -0.05) is 12.1 Å². The second-order valence-electron chi connectivity index (χ2n) is 8.88. The van der Waals surface area contributed by atoms with Gasteiger partial charge in [0.15, 0.2) is 23.0 Å². The number of hydrogen-bond acceptors (Lipinski definition) is 12. The highest BCUT2D eigenvalue weighted by Gasteiger charge is 2.34. The summed E-state index contributed by atoms with van der Waals surface area (Å²) >= 11 is 0. The summed E-state index contributed by atoms with van der Waals surface area (Å²) in [7, 11) is 2.75. The summed E-state index contributed by atoms with van der Waals surface area (Å²) in [6.07, 6.45) is 2.11. The van der Waals surface area contributed by atoms with Gasteiger partial charge in [-0.25, -0.2) is 0 Å². The number of carbonyl (C=O) groups excluding carboxylic acids is 5. The van der Waals surface area contributed by atoms with Gasteiger partial charge < -0.3 is 33.2 Å². The average Bonchev–Trinajstić information content (AvgIpc) is 2.90. The second-order valence-corrected chi connectivity index (χ2v) is 8.88. The molecular weight excluding hydrogens is 552 g/mol. The van der Waals surface area contributed by atoms with E-state index in [1.165, 1.54) is 61.0 Å². The number of methoxy groups -OCH3 is 2. The van der Waals surface area contributed by atoms with Crippen molar-refractivity contribution < 1.29 is 57.1 Å². The molecule has 12 heteroatoms. The molecule has 0 aromatic heterocycles. The van der Waals surface area contributed by atoms with Crippen molar-refractivity contribution in [1.82, 2.24) is 0 Å². The molecule has 0 radical (unpaired) electrons. The third-order valence-electron chi connectivity index (χ3n) is 5.56. The van der Waals surface area contributed by atoms with Crippen LogP contribution in [0.1, 0.15) is 63.3 Å². The van der Waals surface area contributed by atoms with E-state index in [2.05, 4.69) is 0 Å². The first kappa shape index (κ1) is 33.3. The predicted octanol–water partition coefficient (Wildman–Crippen LogP) is 4.08. The lowest BCUT2D eigenvalue weighted by atomic mass is 9.87. The highest BCUT2D eigenvalue weighted by atomic mass is 16.6. The minimum absolute atomic E-state index is 0.000105. The van der Waals surface area contributed by atoms with Crippen LogP contribution in [0.3, 0.4) is 0 Å². The molecule has 0 bridgehead atoms. The Morgan fingerprint density at radius 2 is 1.36 bits per heavy atom. The molecule has 0 amide bonds. The standard InChI is InChI=1S/C30H34O12/c1-17(31)38-12-8-9-22-13-24(30(42-21(5)35)28(14-22)37-7)25(16-39-18(2)32)29(41-20(4)34)23-10-11-26(40-19(3)33)27(15-23)36-6/h8-11,13-15,25,29H,12,16H2,1-7H3/b9-8+. The van der Waals surface area contributed by atoms with E-state index in [-0.39, 0.29) is 36.2 Å². The molecule has 2 rings (SSSR count). The van der Waals surface area contributed by atoms with Crippen LogP contribution in [0.4, 0.5) is 0 Å². The predicted molar refractivity (Wildman–Crippen MR) is 148 cm³/mol. The Morgan fingerprint density at radius 3 is 1.90 bits per heavy atom. The molecule has 42 heavy (non-hydrogen) atoms. The Hall–Kier alpha value is -4.87. The Morgan fingerprint density at radius 1 is 0.714 bits per heavy atom. The van der Waals surface area contributed by atoms with Gasteiger partial charge in [0, 0.05) is 40.2 Å². The summed E-state index contributed by atoms with van der Waals surface area (Å²) in [6.45, 7) is 5.85. The summed E-state index contributed by atoms with van der Waals surface area (Å²) in [5.41, 5.74) is 1.23. The third kappa shape index (κ3) is 9.95. The van der Waals surface area contributed by atoms with Crippen LogP contribution in [-0.4, -0.2) is 57.3 Å². The van der Waals surface area contributed by atoms with E-state index in [1.807, 2.05) is 0 Å². The van der Waals surface area contributed by atoms with Crippen molar-refractivity contribution in [3.63, 3.8) is 0 Å². The topological polar surface area (TPSA) is 150 Å². The molecule has 2 aromatic carbocycles. The van der Waals surface area contributed by atoms with Crippen LogP contribution >= 0.6 is 0 Å². The summed E-state index contributed by atoms with van der Waals surface area (Å²) in [6, 6.07) is 7.77. The molecule has 0 aliphatic heterocycles. The molecule has 0 aliphatic carbocycles. The molecule has 2 aromatic rings. The maximum Gasteiger partial charge on any atom is 0.308 e. The van der Waals surface area contributed by atoms with E-state index in [4.69, 9.17) is 33.2 Å². The SMILES string of the molecule is COc1cc(C(OC(C)=O)C(COC(C)=O)c2cc(/C=C/COC(C)=O)cc(OC)c2OC(C)=O)ccc1OC(C)=O. The van der Waals surface area contributed by atoms with Crippen LogP contribution in [0.25, 0.3) is 6.08 Å². The number of carbonyl (C=O) groups is 5. The van der Waals surface area contributed by atoms with Crippen LogP contribution < -0.4 is 18.9 Å². The van der Waals surface area contributed by atoms with Crippen molar-refractivity contribution in [2.45, 2.75) is 46.6 Å². The van der Waals surface area contributed by atoms with Crippen LogP contribution in [0.5, 0.6) is 23.0 Å². The van der Waals surface area contributed by atoms with Gasteiger partial charge in [-0.15, -0.1) is 0 Å². The van der Waals surface area contributed by atoms with Gasteiger partial charge in [0.1, 0.15) is 19.3 Å². The summed E-state index contributed by atoms with van der Waals surface area (Å²) in [4.78, 5) is 59.1. The van der Waals surface area contributed by atoms with E-state index in [0.717, 1.165) is 0 Å². The molecule has 0 saturated carbocycles. The third-order valence-corrected chi connectivity index (χ3v) is 5.56. The van der Waals surface area contributed by atoms with Crippen LogP contribution in [0, 0.1) is 0 Å². The lowest BCUT2D eigenvalue weighted by molar-refractivity contribution is -0.151. The fourth-order valence-corrected chi connectivity index (χ4v) is 3.98. The Balaban J connectivity index is 2.83. The van der Waals surface area contributed by atoms with Gasteiger partial charge in [0.2, 0.25) is 0 Å². The van der Waals surface area contributed by atoms with Crippen LogP contribution in [0.2, 0.25) is 0 Å². The van der Waals surface area contributed by atoms with Crippen molar-refractivity contribution in [3.05, 3.63) is 53.1 Å². The summed E-state index contributed by atoms with van der Waals surface area (Å²) in [5, 5.41) is 0. The Bertz CT molecular complexity index is 1340. The van der Waals surface area contributed by atoms with E-state index in [0.29, 0.717) is 16.7 Å².